The van der Waals surface area contributed by atoms with Gasteiger partial charge < -0.3 is 5.32 Å². The molecule has 1 aromatic carbocycles. The monoisotopic (exact) mass is 327 g/mol. The van der Waals surface area contributed by atoms with Gasteiger partial charge in [0.2, 0.25) is 5.91 Å². The quantitative estimate of drug-likeness (QED) is 0.854. The summed E-state index contributed by atoms with van der Waals surface area (Å²) >= 11 is 6.08. The van der Waals surface area contributed by atoms with Gasteiger partial charge in [-0.25, -0.2) is 0 Å². The molecule has 3 nitrogen and oxygen atoms in total. The number of carbonyl (C=O) groups excluding carboxylic acids is 1. The molecule has 2 rings (SSSR count). The van der Waals surface area contributed by atoms with Gasteiger partial charge in [0, 0.05) is 39.9 Å². The highest BCUT2D eigenvalue weighted by atomic mass is 35.5. The largest absolute Gasteiger partial charge is 0.326 e. The van der Waals surface area contributed by atoms with E-state index in [4.69, 9.17) is 11.6 Å². The first-order valence-corrected chi connectivity index (χ1v) is 9.53. The standard InChI is InChI=1S/C16H22ClNO2S/c1-21(20)11-13-10-14(7-8-15(13)17)18-16(19)9-6-12-4-2-3-5-12/h7-8,10,12H,2-6,9,11H2,1H3,(H,18,19). The van der Waals surface area contributed by atoms with Crippen molar-refractivity contribution in [3.8, 4) is 0 Å². The van der Waals surface area contributed by atoms with E-state index in [9.17, 15) is 9.00 Å². The summed E-state index contributed by atoms with van der Waals surface area (Å²) in [5.74, 6) is 1.18. The normalized spacial score (nSPS) is 16.9. The summed E-state index contributed by atoms with van der Waals surface area (Å²) in [6.07, 6.45) is 8.33. The second kappa shape index (κ2) is 7.95. The number of nitrogens with one attached hydrogen (secondary N) is 1. The maximum Gasteiger partial charge on any atom is 0.224 e. The lowest BCUT2D eigenvalue weighted by Gasteiger charge is -2.10. The van der Waals surface area contributed by atoms with Gasteiger partial charge in [0.25, 0.3) is 0 Å². The van der Waals surface area contributed by atoms with Crippen molar-refractivity contribution < 1.29 is 9.00 Å². The Kier molecular flexibility index (Phi) is 6.24. The molecule has 21 heavy (non-hydrogen) atoms. The first-order chi connectivity index (χ1) is 10.0. The number of benzene rings is 1. The van der Waals surface area contributed by atoms with E-state index in [1.807, 2.05) is 6.07 Å². The molecule has 0 spiro atoms. The van der Waals surface area contributed by atoms with Gasteiger partial charge in [-0.15, -0.1) is 0 Å². The van der Waals surface area contributed by atoms with Crippen LogP contribution in [0.15, 0.2) is 18.2 Å². The molecule has 1 amide bonds. The lowest BCUT2D eigenvalue weighted by atomic mass is 10.0. The first kappa shape index (κ1) is 16.5. The minimum atomic E-state index is -0.950. The number of hydrogen-bond acceptors (Lipinski definition) is 2. The Labute approximate surface area is 133 Å². The summed E-state index contributed by atoms with van der Waals surface area (Å²) in [5, 5.41) is 3.50. The average molecular weight is 328 g/mol. The zero-order valence-electron chi connectivity index (χ0n) is 12.4. The zero-order valence-corrected chi connectivity index (χ0v) is 13.9. The van der Waals surface area contributed by atoms with Crippen molar-refractivity contribution in [1.29, 1.82) is 0 Å². The third kappa shape index (κ3) is 5.44. The number of rotatable bonds is 6. The van der Waals surface area contributed by atoms with Gasteiger partial charge >= 0.3 is 0 Å². The Bertz CT molecular complexity index is 527. The summed E-state index contributed by atoms with van der Waals surface area (Å²) in [5.41, 5.74) is 1.54. The van der Waals surface area contributed by atoms with Crippen LogP contribution in [0.2, 0.25) is 5.02 Å². The van der Waals surface area contributed by atoms with Crippen LogP contribution in [-0.4, -0.2) is 16.4 Å². The van der Waals surface area contributed by atoms with Crippen LogP contribution in [0.25, 0.3) is 0 Å². The van der Waals surface area contributed by atoms with E-state index in [0.717, 1.165) is 23.6 Å². The summed E-state index contributed by atoms with van der Waals surface area (Å²) < 4.78 is 11.3. The van der Waals surface area contributed by atoms with E-state index in [1.165, 1.54) is 25.7 Å². The van der Waals surface area contributed by atoms with Crippen molar-refractivity contribution in [2.45, 2.75) is 44.3 Å². The molecular weight excluding hydrogens is 306 g/mol. The highest BCUT2D eigenvalue weighted by Gasteiger charge is 2.16. The van der Waals surface area contributed by atoms with Crippen LogP contribution in [0.5, 0.6) is 0 Å². The van der Waals surface area contributed by atoms with Crippen molar-refractivity contribution in [2.75, 3.05) is 11.6 Å². The topological polar surface area (TPSA) is 46.2 Å². The summed E-state index contributed by atoms with van der Waals surface area (Å²) in [4.78, 5) is 12.0. The summed E-state index contributed by atoms with van der Waals surface area (Å²) in [7, 11) is -0.950. The third-order valence-corrected chi connectivity index (χ3v) is 5.03. The highest BCUT2D eigenvalue weighted by Crippen LogP contribution is 2.28. The molecule has 1 unspecified atom stereocenters. The molecule has 0 aliphatic heterocycles. The second-order valence-electron chi connectivity index (χ2n) is 5.76. The van der Waals surface area contributed by atoms with E-state index in [0.29, 0.717) is 17.2 Å². The maximum atomic E-state index is 12.0. The van der Waals surface area contributed by atoms with Crippen molar-refractivity contribution in [1.82, 2.24) is 0 Å². The molecule has 0 bridgehead atoms. The van der Waals surface area contributed by atoms with Gasteiger partial charge in [-0.3, -0.25) is 9.00 Å². The van der Waals surface area contributed by atoms with E-state index in [2.05, 4.69) is 5.32 Å². The fourth-order valence-electron chi connectivity index (χ4n) is 2.84. The molecule has 1 fully saturated rings. The Morgan fingerprint density at radius 3 is 2.76 bits per heavy atom. The molecule has 1 aliphatic carbocycles. The van der Waals surface area contributed by atoms with Gasteiger partial charge in [-0.1, -0.05) is 37.3 Å². The van der Waals surface area contributed by atoms with Gasteiger partial charge in [0.1, 0.15) is 0 Å². The first-order valence-electron chi connectivity index (χ1n) is 7.43. The third-order valence-electron chi connectivity index (χ3n) is 3.94. The predicted molar refractivity (Wildman–Crippen MR) is 89.0 cm³/mol. The van der Waals surface area contributed by atoms with Crippen molar-refractivity contribution in [3.05, 3.63) is 28.8 Å². The van der Waals surface area contributed by atoms with E-state index in [-0.39, 0.29) is 5.91 Å². The van der Waals surface area contributed by atoms with E-state index >= 15 is 0 Å². The Balaban J connectivity index is 1.89. The van der Waals surface area contributed by atoms with Crippen LogP contribution < -0.4 is 5.32 Å². The van der Waals surface area contributed by atoms with Gasteiger partial charge in [-0.2, -0.15) is 0 Å². The highest BCUT2D eigenvalue weighted by molar-refractivity contribution is 7.83. The van der Waals surface area contributed by atoms with Crippen molar-refractivity contribution >= 4 is 34.0 Å². The molecule has 1 saturated carbocycles. The number of carbonyl (C=O) groups is 1. The van der Waals surface area contributed by atoms with Crippen LogP contribution in [0, 0.1) is 5.92 Å². The predicted octanol–water partition coefficient (Wildman–Crippen LogP) is 4.13. The van der Waals surface area contributed by atoms with Gasteiger partial charge in [0.05, 0.1) is 0 Å². The smallest absolute Gasteiger partial charge is 0.224 e. The molecular formula is C16H22ClNO2S. The lowest BCUT2D eigenvalue weighted by Crippen LogP contribution is -2.13. The fraction of sp³-hybridized carbons (Fsp3) is 0.562. The minimum absolute atomic E-state index is 0.0489. The molecule has 1 atom stereocenters. The molecule has 0 saturated heterocycles. The summed E-state index contributed by atoms with van der Waals surface area (Å²) in [6.45, 7) is 0. The molecule has 0 radical (unpaired) electrons. The van der Waals surface area contributed by atoms with E-state index < -0.39 is 10.8 Å². The fourth-order valence-corrected chi connectivity index (χ4v) is 3.78. The Morgan fingerprint density at radius 1 is 1.38 bits per heavy atom. The number of halogens is 1. The average Bonchev–Trinajstić information content (AvgIpc) is 2.93. The SMILES string of the molecule is CS(=O)Cc1cc(NC(=O)CCC2CCCC2)ccc1Cl. The second-order valence-corrected chi connectivity index (χ2v) is 7.60. The molecule has 1 aromatic rings. The number of hydrogen-bond donors (Lipinski definition) is 1. The number of amides is 1. The molecule has 116 valence electrons. The molecule has 5 heteroatoms. The van der Waals surface area contributed by atoms with Gasteiger partial charge in [0.15, 0.2) is 0 Å². The molecule has 1 N–H and O–H groups in total. The van der Waals surface area contributed by atoms with Crippen LogP contribution in [0.1, 0.15) is 44.1 Å². The molecule has 1 aliphatic rings. The zero-order chi connectivity index (χ0) is 15.2. The van der Waals surface area contributed by atoms with Crippen LogP contribution in [0.3, 0.4) is 0 Å². The van der Waals surface area contributed by atoms with Crippen LogP contribution in [0.4, 0.5) is 5.69 Å². The number of anilines is 1. The Hall–Kier alpha value is -0.870. The van der Waals surface area contributed by atoms with Crippen LogP contribution >= 0.6 is 11.6 Å². The lowest BCUT2D eigenvalue weighted by molar-refractivity contribution is -0.116. The van der Waals surface area contributed by atoms with Crippen molar-refractivity contribution in [3.63, 3.8) is 0 Å². The summed E-state index contributed by atoms with van der Waals surface area (Å²) in [6, 6.07) is 5.35. The molecule has 0 aromatic heterocycles. The van der Waals surface area contributed by atoms with Gasteiger partial charge in [-0.05, 0) is 36.1 Å². The maximum absolute atomic E-state index is 12.0. The van der Waals surface area contributed by atoms with Crippen molar-refractivity contribution in [2.24, 2.45) is 5.92 Å². The van der Waals surface area contributed by atoms with E-state index in [1.54, 1.807) is 18.4 Å². The molecule has 0 heterocycles. The minimum Gasteiger partial charge on any atom is -0.326 e. The Morgan fingerprint density at radius 2 is 2.10 bits per heavy atom. The van der Waals surface area contributed by atoms with Crippen LogP contribution in [-0.2, 0) is 21.3 Å².